The van der Waals surface area contributed by atoms with Gasteiger partial charge in [0, 0.05) is 30.6 Å². The minimum Gasteiger partial charge on any atom is -0.301 e. The van der Waals surface area contributed by atoms with Crippen LogP contribution in [-0.2, 0) is 13.0 Å². The Balaban J connectivity index is 1.76. The van der Waals surface area contributed by atoms with Crippen molar-refractivity contribution in [1.82, 2.24) is 14.9 Å². The maximum atomic E-state index is 12.0. The number of fused-ring (bicyclic) bond motifs is 1. The van der Waals surface area contributed by atoms with Gasteiger partial charge in [0.1, 0.15) is 5.69 Å². The highest BCUT2D eigenvalue weighted by molar-refractivity contribution is 7.15. The lowest BCUT2D eigenvalue weighted by atomic mass is 10.2. The second-order valence-corrected chi connectivity index (χ2v) is 5.63. The summed E-state index contributed by atoms with van der Waals surface area (Å²) in [5.41, 5.74) is 1.52. The van der Waals surface area contributed by atoms with Crippen molar-refractivity contribution in [3.8, 4) is 0 Å². The number of hydrogen-bond acceptors (Lipinski definition) is 5. The molecule has 19 heavy (non-hydrogen) atoms. The van der Waals surface area contributed by atoms with Crippen molar-refractivity contribution in [1.29, 1.82) is 0 Å². The number of rotatable bonds is 2. The summed E-state index contributed by atoms with van der Waals surface area (Å²) < 4.78 is 0. The van der Waals surface area contributed by atoms with E-state index in [4.69, 9.17) is 0 Å². The lowest BCUT2D eigenvalue weighted by Crippen LogP contribution is -2.25. The van der Waals surface area contributed by atoms with Gasteiger partial charge in [-0.05, 0) is 19.2 Å². The summed E-state index contributed by atoms with van der Waals surface area (Å²) in [4.78, 5) is 24.0. The smallest absolute Gasteiger partial charge is 0.276 e. The summed E-state index contributed by atoms with van der Waals surface area (Å²) in [6.45, 7) is 1.93. The third kappa shape index (κ3) is 2.64. The first-order valence-electron chi connectivity index (χ1n) is 6.12. The van der Waals surface area contributed by atoms with Crippen molar-refractivity contribution in [3.63, 3.8) is 0 Å². The Hall–Kier alpha value is -1.79. The van der Waals surface area contributed by atoms with Gasteiger partial charge in [0.2, 0.25) is 0 Å². The fourth-order valence-electron chi connectivity index (χ4n) is 2.03. The van der Waals surface area contributed by atoms with E-state index in [-0.39, 0.29) is 5.91 Å². The first kappa shape index (κ1) is 12.3. The highest BCUT2D eigenvalue weighted by Crippen LogP contribution is 2.27. The third-order valence-corrected chi connectivity index (χ3v) is 4.04. The van der Waals surface area contributed by atoms with Crippen molar-refractivity contribution in [3.05, 3.63) is 40.7 Å². The normalized spacial score (nSPS) is 15.0. The van der Waals surface area contributed by atoms with Gasteiger partial charge in [-0.2, -0.15) is 0 Å². The molecule has 2 aromatic heterocycles. The van der Waals surface area contributed by atoms with Gasteiger partial charge in [-0.3, -0.25) is 15.1 Å². The Morgan fingerprint density at radius 2 is 2.37 bits per heavy atom. The van der Waals surface area contributed by atoms with E-state index in [1.165, 1.54) is 4.88 Å². The molecule has 0 radical (unpaired) electrons. The van der Waals surface area contributed by atoms with Gasteiger partial charge in [0.15, 0.2) is 5.13 Å². The number of thiazole rings is 1. The summed E-state index contributed by atoms with van der Waals surface area (Å²) in [5, 5.41) is 3.48. The summed E-state index contributed by atoms with van der Waals surface area (Å²) in [6, 6.07) is 5.27. The second-order valence-electron chi connectivity index (χ2n) is 4.55. The van der Waals surface area contributed by atoms with E-state index in [9.17, 15) is 4.79 Å². The number of likely N-dealkylation sites (N-methyl/N-ethyl adjacent to an activating group) is 1. The summed E-state index contributed by atoms with van der Waals surface area (Å²) >= 11 is 1.55. The Morgan fingerprint density at radius 3 is 3.16 bits per heavy atom. The molecule has 1 aliphatic rings. The van der Waals surface area contributed by atoms with Gasteiger partial charge in [-0.25, -0.2) is 4.98 Å². The molecule has 5 nitrogen and oxygen atoms in total. The topological polar surface area (TPSA) is 58.1 Å². The SMILES string of the molecule is CN1CCc2nc(NC(=O)c3ccccn3)sc2C1. The quantitative estimate of drug-likeness (QED) is 0.907. The highest BCUT2D eigenvalue weighted by Gasteiger charge is 2.19. The van der Waals surface area contributed by atoms with Crippen molar-refractivity contribution in [2.24, 2.45) is 0 Å². The van der Waals surface area contributed by atoms with E-state index >= 15 is 0 Å². The molecule has 3 heterocycles. The van der Waals surface area contributed by atoms with Gasteiger partial charge in [-0.15, -0.1) is 11.3 Å². The summed E-state index contributed by atoms with van der Waals surface area (Å²) in [7, 11) is 2.09. The van der Waals surface area contributed by atoms with Gasteiger partial charge in [0.25, 0.3) is 5.91 Å². The fourth-order valence-corrected chi connectivity index (χ4v) is 3.12. The Labute approximate surface area is 115 Å². The zero-order valence-electron chi connectivity index (χ0n) is 10.6. The third-order valence-electron chi connectivity index (χ3n) is 3.04. The molecule has 0 aliphatic carbocycles. The molecular formula is C13H14N4OS. The van der Waals surface area contributed by atoms with Crippen LogP contribution in [-0.4, -0.2) is 34.4 Å². The lowest BCUT2D eigenvalue weighted by Gasteiger charge is -2.20. The van der Waals surface area contributed by atoms with Crippen LogP contribution < -0.4 is 5.32 Å². The van der Waals surface area contributed by atoms with E-state index in [0.717, 1.165) is 25.2 Å². The lowest BCUT2D eigenvalue weighted by molar-refractivity contribution is 0.102. The van der Waals surface area contributed by atoms with Crippen molar-refractivity contribution in [2.45, 2.75) is 13.0 Å². The summed E-state index contributed by atoms with van der Waals surface area (Å²) in [6.07, 6.45) is 2.55. The zero-order valence-corrected chi connectivity index (χ0v) is 11.4. The molecule has 6 heteroatoms. The average Bonchev–Trinajstić information content (AvgIpc) is 2.81. The highest BCUT2D eigenvalue weighted by atomic mass is 32.1. The van der Waals surface area contributed by atoms with Gasteiger partial charge in [-0.1, -0.05) is 6.07 Å². The number of anilines is 1. The minimum absolute atomic E-state index is 0.208. The van der Waals surface area contributed by atoms with E-state index in [1.807, 2.05) is 0 Å². The molecule has 0 fully saturated rings. The van der Waals surface area contributed by atoms with Crippen LogP contribution in [0.4, 0.5) is 5.13 Å². The maximum Gasteiger partial charge on any atom is 0.276 e. The standard InChI is InChI=1S/C13H14N4OS/c1-17-7-5-9-11(8-17)19-13(15-9)16-12(18)10-4-2-3-6-14-10/h2-4,6H,5,7-8H2,1H3,(H,15,16,18). The molecule has 0 saturated heterocycles. The van der Waals surface area contributed by atoms with E-state index in [0.29, 0.717) is 10.8 Å². The molecule has 0 atom stereocenters. The van der Waals surface area contributed by atoms with Gasteiger partial charge < -0.3 is 4.90 Å². The molecule has 0 aromatic carbocycles. The van der Waals surface area contributed by atoms with E-state index in [2.05, 4.69) is 27.2 Å². The summed E-state index contributed by atoms with van der Waals surface area (Å²) in [5.74, 6) is -0.208. The molecule has 3 rings (SSSR count). The number of carbonyl (C=O) groups is 1. The number of carbonyl (C=O) groups excluding carboxylic acids is 1. The first-order chi connectivity index (χ1) is 9.22. The largest absolute Gasteiger partial charge is 0.301 e. The molecule has 1 aliphatic heterocycles. The Morgan fingerprint density at radius 1 is 1.47 bits per heavy atom. The number of aromatic nitrogens is 2. The number of nitrogens with zero attached hydrogens (tertiary/aromatic N) is 3. The molecule has 2 aromatic rings. The van der Waals surface area contributed by atoms with Crippen LogP contribution in [0.25, 0.3) is 0 Å². The van der Waals surface area contributed by atoms with Gasteiger partial charge in [0.05, 0.1) is 5.69 Å². The second kappa shape index (κ2) is 5.07. The molecule has 1 amide bonds. The zero-order chi connectivity index (χ0) is 13.2. The molecule has 1 N–H and O–H groups in total. The van der Waals surface area contributed by atoms with Crippen LogP contribution in [0.15, 0.2) is 24.4 Å². The van der Waals surface area contributed by atoms with Gasteiger partial charge >= 0.3 is 0 Å². The molecular weight excluding hydrogens is 260 g/mol. The van der Waals surface area contributed by atoms with E-state index in [1.54, 1.807) is 35.7 Å². The number of hydrogen-bond donors (Lipinski definition) is 1. The van der Waals surface area contributed by atoms with Crippen molar-refractivity contribution < 1.29 is 4.79 Å². The molecule has 0 spiro atoms. The fraction of sp³-hybridized carbons (Fsp3) is 0.308. The maximum absolute atomic E-state index is 12.0. The Kier molecular flexibility index (Phi) is 3.27. The molecule has 98 valence electrons. The van der Waals surface area contributed by atoms with Crippen LogP contribution in [0, 0.1) is 0 Å². The predicted octanol–water partition coefficient (Wildman–Crippen LogP) is 1.78. The predicted molar refractivity (Wildman–Crippen MR) is 74.3 cm³/mol. The first-order valence-corrected chi connectivity index (χ1v) is 6.93. The number of pyridine rings is 1. The van der Waals surface area contributed by atoms with Crippen LogP contribution >= 0.6 is 11.3 Å². The molecule has 0 bridgehead atoms. The van der Waals surface area contributed by atoms with E-state index < -0.39 is 0 Å². The van der Waals surface area contributed by atoms with Crippen molar-refractivity contribution >= 4 is 22.4 Å². The molecule has 0 unspecified atom stereocenters. The van der Waals surface area contributed by atoms with Crippen LogP contribution in [0.2, 0.25) is 0 Å². The van der Waals surface area contributed by atoms with Crippen LogP contribution in [0.1, 0.15) is 21.1 Å². The van der Waals surface area contributed by atoms with Crippen LogP contribution in [0.5, 0.6) is 0 Å². The number of nitrogens with one attached hydrogen (secondary N) is 1. The monoisotopic (exact) mass is 274 g/mol. The molecule has 0 saturated carbocycles. The minimum atomic E-state index is -0.208. The number of amides is 1. The Bertz CT molecular complexity index is 596. The van der Waals surface area contributed by atoms with Crippen LogP contribution in [0.3, 0.4) is 0 Å². The van der Waals surface area contributed by atoms with Crippen molar-refractivity contribution in [2.75, 3.05) is 18.9 Å². The average molecular weight is 274 g/mol.